The van der Waals surface area contributed by atoms with Crippen molar-refractivity contribution >= 4 is 11.9 Å². The molecule has 1 atom stereocenters. The summed E-state index contributed by atoms with van der Waals surface area (Å²) < 4.78 is 0. The smallest absolute Gasteiger partial charge is 0.318 e. The van der Waals surface area contributed by atoms with Crippen molar-refractivity contribution in [1.82, 2.24) is 10.2 Å². The maximum absolute atomic E-state index is 12.5. The number of nitrogens with two attached hydrogens (primary N) is 1. The average Bonchev–Trinajstić information content (AvgIpc) is 2.55. The third kappa shape index (κ3) is 5.16. The predicted molar refractivity (Wildman–Crippen MR) is 98.9 cm³/mol. The molecule has 0 aliphatic carbocycles. The van der Waals surface area contributed by atoms with Crippen LogP contribution in [0.1, 0.15) is 42.5 Å². The Labute approximate surface area is 148 Å². The highest BCUT2D eigenvalue weighted by Gasteiger charge is 2.26. The Morgan fingerprint density at radius 2 is 1.60 bits per heavy atom. The molecular weight excluding hydrogens is 314 g/mol. The van der Waals surface area contributed by atoms with Crippen LogP contribution in [0, 0.1) is 0 Å². The monoisotopic (exact) mass is 339 g/mol. The first-order valence-electron chi connectivity index (χ1n) is 8.32. The van der Waals surface area contributed by atoms with Gasteiger partial charge in [0, 0.05) is 6.54 Å². The number of likely N-dealkylation sites (N-methyl/N-ethyl adjacent to an activating group) is 1. The highest BCUT2D eigenvalue weighted by Crippen LogP contribution is 2.22. The summed E-state index contributed by atoms with van der Waals surface area (Å²) in [5.41, 5.74) is 8.30. The zero-order valence-electron chi connectivity index (χ0n) is 14.9. The third-order valence-electron chi connectivity index (χ3n) is 4.13. The van der Waals surface area contributed by atoms with Crippen LogP contribution in [0.3, 0.4) is 0 Å². The quantitative estimate of drug-likeness (QED) is 0.849. The maximum Gasteiger partial charge on any atom is 0.318 e. The van der Waals surface area contributed by atoms with E-state index in [1.54, 1.807) is 0 Å². The van der Waals surface area contributed by atoms with Gasteiger partial charge in [0.2, 0.25) is 5.91 Å². The second kappa shape index (κ2) is 8.44. The van der Waals surface area contributed by atoms with Gasteiger partial charge >= 0.3 is 6.03 Å². The van der Waals surface area contributed by atoms with Crippen LogP contribution in [0.2, 0.25) is 0 Å². The topological polar surface area (TPSA) is 75.4 Å². The van der Waals surface area contributed by atoms with E-state index < -0.39 is 18.0 Å². The van der Waals surface area contributed by atoms with E-state index >= 15 is 0 Å². The number of carbonyl (C=O) groups is 2. The minimum atomic E-state index is -0.847. The number of urea groups is 1. The fourth-order valence-corrected chi connectivity index (χ4v) is 2.82. The average molecular weight is 339 g/mol. The van der Waals surface area contributed by atoms with E-state index in [1.807, 2.05) is 42.3 Å². The predicted octanol–water partition coefficient (Wildman–Crippen LogP) is 3.18. The van der Waals surface area contributed by atoms with Crippen molar-refractivity contribution in [2.45, 2.75) is 32.4 Å². The molecule has 5 nitrogen and oxygen atoms in total. The molecule has 2 aromatic rings. The molecule has 0 bridgehead atoms. The number of carbonyl (C=O) groups excluding carboxylic acids is 2. The van der Waals surface area contributed by atoms with Crippen LogP contribution in [0.5, 0.6) is 0 Å². The molecule has 0 heterocycles. The molecule has 0 aromatic heterocycles. The van der Waals surface area contributed by atoms with E-state index in [0.29, 0.717) is 12.5 Å². The lowest BCUT2D eigenvalue weighted by atomic mass is 10.0. The molecule has 0 fully saturated rings. The summed E-state index contributed by atoms with van der Waals surface area (Å²) in [6, 6.07) is 16.3. The number of hydrogen-bond acceptors (Lipinski definition) is 3. The molecule has 2 aromatic carbocycles. The van der Waals surface area contributed by atoms with Crippen LogP contribution in [-0.4, -0.2) is 23.9 Å². The van der Waals surface area contributed by atoms with E-state index in [0.717, 1.165) is 11.1 Å². The second-order valence-corrected chi connectivity index (χ2v) is 6.48. The van der Waals surface area contributed by atoms with Gasteiger partial charge < -0.3 is 5.73 Å². The Morgan fingerprint density at radius 1 is 1.00 bits per heavy atom. The van der Waals surface area contributed by atoms with Gasteiger partial charge in [-0.2, -0.15) is 0 Å². The molecule has 0 aliphatic rings. The molecule has 2 rings (SSSR count). The van der Waals surface area contributed by atoms with E-state index in [2.05, 4.69) is 43.4 Å². The molecule has 0 aliphatic heterocycles. The van der Waals surface area contributed by atoms with E-state index in [-0.39, 0.29) is 0 Å². The first-order valence-corrected chi connectivity index (χ1v) is 8.32. The molecule has 0 radical (unpaired) electrons. The summed E-state index contributed by atoms with van der Waals surface area (Å²) in [5, 5.41) is 2.19. The van der Waals surface area contributed by atoms with Gasteiger partial charge in [0.15, 0.2) is 0 Å². The van der Waals surface area contributed by atoms with E-state index in [9.17, 15) is 9.59 Å². The number of benzene rings is 2. The van der Waals surface area contributed by atoms with Crippen molar-refractivity contribution < 1.29 is 9.59 Å². The summed E-state index contributed by atoms with van der Waals surface area (Å²) in [5.74, 6) is 0.0465. The van der Waals surface area contributed by atoms with Crippen molar-refractivity contribution in [3.63, 3.8) is 0 Å². The van der Waals surface area contributed by atoms with Crippen LogP contribution < -0.4 is 11.1 Å². The minimum absolute atomic E-state index is 0.431. The lowest BCUT2D eigenvalue weighted by molar-refractivity contribution is -0.125. The number of nitrogens with one attached hydrogen (secondary N) is 1. The normalized spacial score (nSPS) is 12.2. The summed E-state index contributed by atoms with van der Waals surface area (Å²) in [6.45, 7) is 4.88. The molecule has 3 N–H and O–H groups in total. The Morgan fingerprint density at radius 3 is 2.12 bits per heavy atom. The minimum Gasteiger partial charge on any atom is -0.351 e. The lowest BCUT2D eigenvalue weighted by Crippen LogP contribution is -2.43. The molecular formula is C20H25N3O2. The van der Waals surface area contributed by atoms with Gasteiger partial charge in [-0.05, 0) is 29.7 Å². The standard InChI is InChI=1S/C20H25N3O2/c1-14(2)16-11-9-15(10-12-16)13-23(3)18(19(24)22-20(21)25)17-7-5-4-6-8-17/h4-12,14,18H,13H2,1-3H3,(H3,21,22,24,25)/t18-/m1/s1. The van der Waals surface area contributed by atoms with Crippen molar-refractivity contribution in [2.75, 3.05) is 7.05 Å². The maximum atomic E-state index is 12.5. The van der Waals surface area contributed by atoms with Crippen molar-refractivity contribution in [1.29, 1.82) is 0 Å². The number of amides is 3. The number of primary amides is 1. The lowest BCUT2D eigenvalue weighted by Gasteiger charge is -2.27. The zero-order chi connectivity index (χ0) is 18.4. The molecule has 0 saturated carbocycles. The van der Waals surface area contributed by atoms with Crippen molar-refractivity contribution in [3.8, 4) is 0 Å². The molecule has 3 amide bonds. The summed E-state index contributed by atoms with van der Waals surface area (Å²) in [4.78, 5) is 25.5. The first-order chi connectivity index (χ1) is 11.9. The number of rotatable bonds is 6. The fraction of sp³-hybridized carbons (Fsp3) is 0.300. The molecule has 5 heteroatoms. The Bertz CT molecular complexity index is 711. The SMILES string of the molecule is CC(C)c1ccc(CN(C)[C@@H](C(=O)NC(N)=O)c2ccccc2)cc1. The number of hydrogen-bond donors (Lipinski definition) is 2. The van der Waals surface area contributed by atoms with Gasteiger partial charge in [-0.1, -0.05) is 68.4 Å². The zero-order valence-corrected chi connectivity index (χ0v) is 14.9. The Balaban J connectivity index is 2.21. The molecule has 0 spiro atoms. The van der Waals surface area contributed by atoms with Crippen LogP contribution in [-0.2, 0) is 11.3 Å². The highest BCUT2D eigenvalue weighted by molar-refractivity contribution is 5.96. The Hall–Kier alpha value is -2.66. The van der Waals surface area contributed by atoms with E-state index in [1.165, 1.54) is 5.56 Å². The van der Waals surface area contributed by atoms with E-state index in [4.69, 9.17) is 5.73 Å². The molecule has 132 valence electrons. The Kier molecular flexibility index (Phi) is 6.31. The summed E-state index contributed by atoms with van der Waals surface area (Å²) in [7, 11) is 1.86. The summed E-state index contributed by atoms with van der Waals surface area (Å²) >= 11 is 0. The van der Waals surface area contributed by atoms with Crippen molar-refractivity contribution in [3.05, 3.63) is 71.3 Å². The van der Waals surface area contributed by atoms with Gasteiger partial charge in [0.1, 0.15) is 6.04 Å². The van der Waals surface area contributed by atoms with Crippen LogP contribution >= 0.6 is 0 Å². The second-order valence-electron chi connectivity index (χ2n) is 6.48. The van der Waals surface area contributed by atoms with Crippen LogP contribution in [0.15, 0.2) is 54.6 Å². The number of imide groups is 1. The highest BCUT2D eigenvalue weighted by atomic mass is 16.2. The van der Waals surface area contributed by atoms with Gasteiger partial charge in [-0.3, -0.25) is 15.0 Å². The first kappa shape index (κ1) is 18.7. The van der Waals surface area contributed by atoms with Crippen LogP contribution in [0.4, 0.5) is 4.79 Å². The fourth-order valence-electron chi connectivity index (χ4n) is 2.82. The molecule has 25 heavy (non-hydrogen) atoms. The van der Waals surface area contributed by atoms with Gasteiger partial charge in [0.05, 0.1) is 0 Å². The largest absolute Gasteiger partial charge is 0.351 e. The van der Waals surface area contributed by atoms with Gasteiger partial charge in [-0.25, -0.2) is 4.79 Å². The molecule has 0 unspecified atom stereocenters. The number of nitrogens with zero attached hydrogens (tertiary/aromatic N) is 1. The van der Waals surface area contributed by atoms with Gasteiger partial charge in [-0.15, -0.1) is 0 Å². The van der Waals surface area contributed by atoms with Gasteiger partial charge in [0.25, 0.3) is 0 Å². The van der Waals surface area contributed by atoms with Crippen LogP contribution in [0.25, 0.3) is 0 Å². The van der Waals surface area contributed by atoms with Crippen molar-refractivity contribution in [2.24, 2.45) is 5.73 Å². The molecule has 0 saturated heterocycles. The summed E-state index contributed by atoms with van der Waals surface area (Å²) in [6.07, 6.45) is 0. The third-order valence-corrected chi connectivity index (χ3v) is 4.13.